The number of phenols is 1. The second kappa shape index (κ2) is 5.60. The number of benzene rings is 1. The highest BCUT2D eigenvalue weighted by Gasteiger charge is 2.34. The largest absolute Gasteiger partial charge is 0.508 e. The number of phenolic OH excluding ortho intramolecular Hbond substituents is 1. The van der Waals surface area contributed by atoms with Crippen LogP contribution in [0.15, 0.2) is 12.1 Å². The number of nitrogens with zero attached hydrogens (tertiary/aromatic N) is 1. The van der Waals surface area contributed by atoms with E-state index in [2.05, 4.69) is 11.8 Å². The molecule has 1 aliphatic carbocycles. The van der Waals surface area contributed by atoms with Gasteiger partial charge >= 0.3 is 0 Å². The first-order valence-corrected chi connectivity index (χ1v) is 7.59. The van der Waals surface area contributed by atoms with Crippen LogP contribution in [0.5, 0.6) is 11.5 Å². The lowest BCUT2D eigenvalue weighted by Crippen LogP contribution is -2.51. The van der Waals surface area contributed by atoms with Gasteiger partial charge in [-0.1, -0.05) is 13.3 Å². The van der Waals surface area contributed by atoms with Crippen molar-refractivity contribution in [3.8, 4) is 11.5 Å². The van der Waals surface area contributed by atoms with Crippen LogP contribution in [0.2, 0.25) is 0 Å². The zero-order valence-electron chi connectivity index (χ0n) is 11.9. The summed E-state index contributed by atoms with van der Waals surface area (Å²) >= 11 is 0. The molecule has 2 aliphatic rings. The molecular weight excluding hydrogens is 257 g/mol. The molecule has 1 N–H and O–H groups in total. The van der Waals surface area contributed by atoms with E-state index < -0.39 is 0 Å². The number of hydrogen-bond donors (Lipinski definition) is 1. The molecule has 3 rings (SSSR count). The van der Waals surface area contributed by atoms with Crippen molar-refractivity contribution in [3.05, 3.63) is 23.5 Å². The Kier molecular flexibility index (Phi) is 3.83. The molecule has 1 aromatic rings. The third-order valence-corrected chi connectivity index (χ3v) is 4.54. The zero-order chi connectivity index (χ0) is 14.1. The highest BCUT2D eigenvalue weighted by Crippen LogP contribution is 2.37. The lowest BCUT2D eigenvalue weighted by molar-refractivity contribution is 0.0428. The van der Waals surface area contributed by atoms with Gasteiger partial charge in [0.25, 0.3) is 0 Å². The van der Waals surface area contributed by atoms with E-state index in [0.717, 1.165) is 13.0 Å². The molecule has 0 saturated heterocycles. The SMILES string of the molecule is CCCN(C1CCC1)C1COc2c(F)ccc(O)c2C1. The molecule has 1 heterocycles. The Morgan fingerprint density at radius 1 is 1.35 bits per heavy atom. The van der Waals surface area contributed by atoms with Gasteiger partial charge in [-0.15, -0.1) is 0 Å². The van der Waals surface area contributed by atoms with Gasteiger partial charge in [-0.2, -0.15) is 0 Å². The van der Waals surface area contributed by atoms with E-state index in [0.29, 0.717) is 24.6 Å². The number of hydrogen-bond acceptors (Lipinski definition) is 3. The minimum absolute atomic E-state index is 0.149. The van der Waals surface area contributed by atoms with Gasteiger partial charge in [0.1, 0.15) is 12.4 Å². The van der Waals surface area contributed by atoms with Crippen molar-refractivity contribution in [3.63, 3.8) is 0 Å². The fourth-order valence-electron chi connectivity index (χ4n) is 3.27. The van der Waals surface area contributed by atoms with E-state index in [1.165, 1.54) is 31.4 Å². The van der Waals surface area contributed by atoms with Crippen molar-refractivity contribution in [2.75, 3.05) is 13.2 Å². The average molecular weight is 279 g/mol. The van der Waals surface area contributed by atoms with Crippen molar-refractivity contribution in [2.24, 2.45) is 0 Å². The second-order valence-electron chi connectivity index (χ2n) is 5.87. The summed E-state index contributed by atoms with van der Waals surface area (Å²) in [5, 5.41) is 9.95. The molecule has 4 heteroatoms. The van der Waals surface area contributed by atoms with Crippen LogP contribution in [0.4, 0.5) is 4.39 Å². The van der Waals surface area contributed by atoms with Crippen molar-refractivity contribution in [1.82, 2.24) is 4.90 Å². The molecule has 1 fully saturated rings. The minimum atomic E-state index is -0.373. The number of rotatable bonds is 4. The summed E-state index contributed by atoms with van der Waals surface area (Å²) in [4.78, 5) is 2.50. The summed E-state index contributed by atoms with van der Waals surface area (Å²) in [6, 6.07) is 3.58. The lowest BCUT2D eigenvalue weighted by Gasteiger charge is -2.44. The molecule has 0 amide bonds. The predicted octanol–water partition coefficient (Wildman–Crippen LogP) is 3.10. The number of ether oxygens (including phenoxy) is 1. The smallest absolute Gasteiger partial charge is 0.165 e. The van der Waals surface area contributed by atoms with E-state index in [-0.39, 0.29) is 23.4 Å². The summed E-state index contributed by atoms with van der Waals surface area (Å²) in [5.74, 6) is 0.0180. The summed E-state index contributed by atoms with van der Waals surface area (Å²) in [6.45, 7) is 3.74. The first-order valence-electron chi connectivity index (χ1n) is 7.59. The van der Waals surface area contributed by atoms with Crippen molar-refractivity contribution >= 4 is 0 Å². The minimum Gasteiger partial charge on any atom is -0.508 e. The first-order chi connectivity index (χ1) is 9.70. The molecule has 20 heavy (non-hydrogen) atoms. The van der Waals surface area contributed by atoms with Crippen LogP contribution in [0.1, 0.15) is 38.2 Å². The van der Waals surface area contributed by atoms with Crippen LogP contribution in [-0.4, -0.2) is 35.2 Å². The molecule has 3 nitrogen and oxygen atoms in total. The van der Waals surface area contributed by atoms with Gasteiger partial charge in [-0.25, -0.2) is 4.39 Å². The van der Waals surface area contributed by atoms with Crippen LogP contribution in [-0.2, 0) is 6.42 Å². The Morgan fingerprint density at radius 3 is 2.80 bits per heavy atom. The van der Waals surface area contributed by atoms with E-state index in [4.69, 9.17) is 4.74 Å². The maximum atomic E-state index is 13.7. The molecule has 1 aliphatic heterocycles. The fraction of sp³-hybridized carbons (Fsp3) is 0.625. The molecule has 0 bridgehead atoms. The Bertz CT molecular complexity index is 488. The highest BCUT2D eigenvalue weighted by molar-refractivity contribution is 5.46. The number of halogens is 1. The van der Waals surface area contributed by atoms with Crippen LogP contribution in [0.3, 0.4) is 0 Å². The van der Waals surface area contributed by atoms with E-state index in [9.17, 15) is 9.50 Å². The van der Waals surface area contributed by atoms with Crippen molar-refractivity contribution in [2.45, 2.75) is 51.1 Å². The molecule has 0 aromatic heterocycles. The fourth-order valence-corrected chi connectivity index (χ4v) is 3.27. The topological polar surface area (TPSA) is 32.7 Å². The van der Waals surface area contributed by atoms with Gasteiger partial charge in [0.15, 0.2) is 11.6 Å². The van der Waals surface area contributed by atoms with Crippen molar-refractivity contribution in [1.29, 1.82) is 0 Å². The third kappa shape index (κ3) is 2.37. The predicted molar refractivity (Wildman–Crippen MR) is 75.7 cm³/mol. The molecule has 110 valence electrons. The van der Waals surface area contributed by atoms with Crippen molar-refractivity contribution < 1.29 is 14.2 Å². The number of fused-ring (bicyclic) bond motifs is 1. The van der Waals surface area contributed by atoms with Gasteiger partial charge in [-0.3, -0.25) is 4.90 Å². The van der Waals surface area contributed by atoms with Gasteiger partial charge in [-0.05, 0) is 44.4 Å². The van der Waals surface area contributed by atoms with Crippen LogP contribution in [0.25, 0.3) is 0 Å². The molecular formula is C16H22FNO2. The third-order valence-electron chi connectivity index (χ3n) is 4.54. The molecule has 0 radical (unpaired) electrons. The summed E-state index contributed by atoms with van der Waals surface area (Å²) in [7, 11) is 0. The van der Waals surface area contributed by atoms with Gasteiger partial charge in [0, 0.05) is 17.6 Å². The maximum absolute atomic E-state index is 13.7. The normalized spacial score (nSPS) is 22.2. The Balaban J connectivity index is 1.81. The zero-order valence-corrected chi connectivity index (χ0v) is 11.9. The average Bonchev–Trinajstić information content (AvgIpc) is 2.40. The Labute approximate surface area is 119 Å². The lowest BCUT2D eigenvalue weighted by atomic mass is 9.88. The number of aromatic hydroxyl groups is 1. The summed E-state index contributed by atoms with van der Waals surface area (Å²) in [5.41, 5.74) is 0.627. The quantitative estimate of drug-likeness (QED) is 0.919. The monoisotopic (exact) mass is 279 g/mol. The summed E-state index contributed by atoms with van der Waals surface area (Å²) < 4.78 is 19.3. The Hall–Kier alpha value is -1.29. The van der Waals surface area contributed by atoms with Crippen LogP contribution >= 0.6 is 0 Å². The Morgan fingerprint density at radius 2 is 2.15 bits per heavy atom. The second-order valence-corrected chi connectivity index (χ2v) is 5.87. The summed E-state index contributed by atoms with van der Waals surface area (Å²) in [6.07, 6.45) is 5.58. The first kappa shape index (κ1) is 13.7. The molecule has 1 aromatic carbocycles. The van der Waals surface area contributed by atoms with E-state index in [1.807, 2.05) is 0 Å². The molecule has 0 spiro atoms. The standard InChI is InChI=1S/C16H22FNO2/c1-2-8-18(11-4-3-5-11)12-9-13-15(19)7-6-14(17)16(13)20-10-12/h6-7,11-12,19H,2-5,8-10H2,1H3. The van der Waals surface area contributed by atoms with Crippen LogP contribution < -0.4 is 4.74 Å². The van der Waals surface area contributed by atoms with E-state index >= 15 is 0 Å². The molecule has 1 saturated carbocycles. The van der Waals surface area contributed by atoms with Gasteiger partial charge < -0.3 is 9.84 Å². The van der Waals surface area contributed by atoms with Crippen LogP contribution in [0, 0.1) is 5.82 Å². The van der Waals surface area contributed by atoms with E-state index in [1.54, 1.807) is 0 Å². The maximum Gasteiger partial charge on any atom is 0.165 e. The molecule has 1 atom stereocenters. The highest BCUT2D eigenvalue weighted by atomic mass is 19.1. The molecule has 1 unspecified atom stereocenters. The van der Waals surface area contributed by atoms with Gasteiger partial charge in [0.05, 0.1) is 0 Å². The van der Waals surface area contributed by atoms with Gasteiger partial charge in [0.2, 0.25) is 0 Å².